The maximum Gasteiger partial charge on any atom is 0.315 e. The minimum absolute atomic E-state index is 0.0990. The van der Waals surface area contributed by atoms with Crippen molar-refractivity contribution in [1.82, 2.24) is 16.0 Å². The van der Waals surface area contributed by atoms with E-state index in [2.05, 4.69) is 31.9 Å². The Morgan fingerprint density at radius 1 is 0.962 bits per heavy atom. The van der Waals surface area contributed by atoms with Crippen LogP contribution in [0.5, 0.6) is 0 Å². The highest BCUT2D eigenvalue weighted by Crippen LogP contribution is 2.19. The molecular formula is C18H19BrFN3O2S. The van der Waals surface area contributed by atoms with E-state index < -0.39 is 6.03 Å². The van der Waals surface area contributed by atoms with Crippen LogP contribution < -0.4 is 16.0 Å². The van der Waals surface area contributed by atoms with Gasteiger partial charge in [-0.3, -0.25) is 4.79 Å². The zero-order valence-electron chi connectivity index (χ0n) is 13.9. The predicted molar refractivity (Wildman–Crippen MR) is 105 cm³/mol. The van der Waals surface area contributed by atoms with Crippen molar-refractivity contribution in [3.63, 3.8) is 0 Å². The van der Waals surface area contributed by atoms with Crippen LogP contribution >= 0.6 is 27.7 Å². The van der Waals surface area contributed by atoms with Crippen LogP contribution in [-0.2, 0) is 11.3 Å². The molecule has 0 unspecified atom stereocenters. The Balaban J connectivity index is 1.55. The molecule has 3 amide bonds. The van der Waals surface area contributed by atoms with Gasteiger partial charge < -0.3 is 16.0 Å². The number of amides is 3. The number of halogens is 2. The summed E-state index contributed by atoms with van der Waals surface area (Å²) in [6.45, 7) is 0.675. The fourth-order valence-corrected chi connectivity index (χ4v) is 2.99. The van der Waals surface area contributed by atoms with E-state index in [-0.39, 0.29) is 24.8 Å². The lowest BCUT2D eigenvalue weighted by Gasteiger charge is -2.08. The first-order valence-electron chi connectivity index (χ1n) is 7.94. The Labute approximate surface area is 164 Å². The van der Waals surface area contributed by atoms with Gasteiger partial charge in [0.05, 0.1) is 6.54 Å². The molecule has 0 saturated carbocycles. The quantitative estimate of drug-likeness (QED) is 0.436. The lowest BCUT2D eigenvalue weighted by molar-refractivity contribution is -0.119. The Kier molecular flexibility index (Phi) is 8.43. The largest absolute Gasteiger partial charge is 0.354 e. The zero-order chi connectivity index (χ0) is 18.8. The predicted octanol–water partition coefficient (Wildman–Crippen LogP) is 3.30. The Bertz CT molecular complexity index is 726. The molecule has 0 bridgehead atoms. The molecule has 0 aliphatic rings. The molecule has 5 nitrogen and oxygen atoms in total. The van der Waals surface area contributed by atoms with E-state index >= 15 is 0 Å². The van der Waals surface area contributed by atoms with Crippen molar-refractivity contribution in [2.45, 2.75) is 11.4 Å². The highest BCUT2D eigenvalue weighted by molar-refractivity contribution is 9.10. The Morgan fingerprint density at radius 2 is 1.65 bits per heavy atom. The summed E-state index contributed by atoms with van der Waals surface area (Å²) in [6, 6.07) is 13.3. The number of hydrogen-bond donors (Lipinski definition) is 3. The van der Waals surface area contributed by atoms with Gasteiger partial charge in [-0.15, -0.1) is 11.8 Å². The lowest BCUT2D eigenvalue weighted by atomic mass is 10.2. The van der Waals surface area contributed by atoms with Crippen molar-refractivity contribution in [1.29, 1.82) is 0 Å². The molecule has 0 heterocycles. The van der Waals surface area contributed by atoms with Gasteiger partial charge in [0.25, 0.3) is 0 Å². The second kappa shape index (κ2) is 10.8. The molecule has 3 N–H and O–H groups in total. The van der Waals surface area contributed by atoms with Gasteiger partial charge in [-0.1, -0.05) is 28.1 Å². The van der Waals surface area contributed by atoms with Crippen LogP contribution in [0.15, 0.2) is 57.9 Å². The molecule has 138 valence electrons. The van der Waals surface area contributed by atoms with E-state index in [1.807, 2.05) is 24.3 Å². The van der Waals surface area contributed by atoms with Crippen LogP contribution in [0.25, 0.3) is 0 Å². The topological polar surface area (TPSA) is 70.2 Å². The van der Waals surface area contributed by atoms with Crippen molar-refractivity contribution in [2.24, 2.45) is 0 Å². The molecule has 0 fully saturated rings. The van der Waals surface area contributed by atoms with Crippen LogP contribution in [0.3, 0.4) is 0 Å². The number of thioether (sulfide) groups is 1. The van der Waals surface area contributed by atoms with Gasteiger partial charge in [-0.05, 0) is 42.0 Å². The number of nitrogens with one attached hydrogen (secondary N) is 3. The SMILES string of the molecule is O=C(CNC(=O)NCc1ccc(F)cc1)NCCSc1ccc(Br)cc1. The number of rotatable bonds is 8. The fourth-order valence-electron chi connectivity index (χ4n) is 1.96. The Hall–Kier alpha value is -2.06. The van der Waals surface area contributed by atoms with Crippen molar-refractivity contribution in [2.75, 3.05) is 18.8 Å². The molecule has 0 saturated heterocycles. The van der Waals surface area contributed by atoms with Gasteiger partial charge in [-0.25, -0.2) is 9.18 Å². The molecule has 0 spiro atoms. The minimum atomic E-state index is -0.450. The third kappa shape index (κ3) is 7.88. The van der Waals surface area contributed by atoms with Crippen molar-refractivity contribution in [3.8, 4) is 0 Å². The van der Waals surface area contributed by atoms with Crippen LogP contribution in [-0.4, -0.2) is 30.8 Å². The summed E-state index contributed by atoms with van der Waals surface area (Å²) in [4.78, 5) is 24.5. The maximum absolute atomic E-state index is 12.8. The first kappa shape index (κ1) is 20.3. The highest BCUT2D eigenvalue weighted by atomic mass is 79.9. The molecule has 2 aromatic carbocycles. The maximum atomic E-state index is 12.8. The summed E-state index contributed by atoms with van der Waals surface area (Å²) in [5.74, 6) is 0.163. The highest BCUT2D eigenvalue weighted by Gasteiger charge is 2.05. The van der Waals surface area contributed by atoms with Crippen LogP contribution in [0.2, 0.25) is 0 Å². The third-order valence-corrected chi connectivity index (χ3v) is 4.82. The van der Waals surface area contributed by atoms with E-state index in [0.717, 1.165) is 20.7 Å². The summed E-state index contributed by atoms with van der Waals surface area (Å²) in [5, 5.41) is 7.83. The van der Waals surface area contributed by atoms with Crippen LogP contribution in [0.4, 0.5) is 9.18 Å². The number of benzene rings is 2. The minimum Gasteiger partial charge on any atom is -0.354 e. The Morgan fingerprint density at radius 3 is 2.35 bits per heavy atom. The molecule has 2 rings (SSSR count). The van der Waals surface area contributed by atoms with Gasteiger partial charge in [0.15, 0.2) is 0 Å². The van der Waals surface area contributed by atoms with Gasteiger partial charge in [0.1, 0.15) is 5.82 Å². The molecule has 0 aliphatic heterocycles. The first-order valence-corrected chi connectivity index (χ1v) is 9.72. The first-order chi connectivity index (χ1) is 12.5. The zero-order valence-corrected chi connectivity index (χ0v) is 16.3. The monoisotopic (exact) mass is 439 g/mol. The fraction of sp³-hybridized carbons (Fsp3) is 0.222. The number of urea groups is 1. The molecule has 0 radical (unpaired) electrons. The third-order valence-electron chi connectivity index (χ3n) is 3.28. The van der Waals surface area contributed by atoms with E-state index in [1.165, 1.54) is 12.1 Å². The van der Waals surface area contributed by atoms with Gasteiger partial charge >= 0.3 is 6.03 Å². The molecule has 0 aromatic heterocycles. The molecular weight excluding hydrogens is 421 g/mol. The smallest absolute Gasteiger partial charge is 0.315 e. The van der Waals surface area contributed by atoms with E-state index in [9.17, 15) is 14.0 Å². The van der Waals surface area contributed by atoms with Crippen molar-refractivity contribution < 1.29 is 14.0 Å². The van der Waals surface area contributed by atoms with Crippen molar-refractivity contribution >= 4 is 39.6 Å². The average molecular weight is 440 g/mol. The molecule has 0 aliphatic carbocycles. The van der Waals surface area contributed by atoms with E-state index in [0.29, 0.717) is 6.54 Å². The standard InChI is InChI=1S/C18H19BrFN3O2S/c19-14-3-7-16(8-4-14)26-10-9-21-17(24)12-23-18(25)22-11-13-1-5-15(20)6-2-13/h1-8H,9-12H2,(H,21,24)(H2,22,23,25). The summed E-state index contributed by atoms with van der Waals surface area (Å²) in [5.41, 5.74) is 0.774. The molecule has 2 aromatic rings. The van der Waals surface area contributed by atoms with Crippen LogP contribution in [0.1, 0.15) is 5.56 Å². The number of hydrogen-bond acceptors (Lipinski definition) is 3. The summed E-state index contributed by atoms with van der Waals surface area (Å²) in [6.07, 6.45) is 0. The van der Waals surface area contributed by atoms with E-state index in [1.54, 1.807) is 23.9 Å². The molecule has 26 heavy (non-hydrogen) atoms. The lowest BCUT2D eigenvalue weighted by Crippen LogP contribution is -2.42. The van der Waals surface area contributed by atoms with Gasteiger partial charge in [0, 0.05) is 28.2 Å². The van der Waals surface area contributed by atoms with Gasteiger partial charge in [0.2, 0.25) is 5.91 Å². The molecule has 0 atom stereocenters. The normalized spacial score (nSPS) is 10.2. The number of carbonyl (C=O) groups is 2. The second-order valence-electron chi connectivity index (χ2n) is 5.32. The summed E-state index contributed by atoms with van der Waals surface area (Å²) >= 11 is 5.02. The van der Waals surface area contributed by atoms with Gasteiger partial charge in [-0.2, -0.15) is 0 Å². The number of carbonyl (C=O) groups excluding carboxylic acids is 2. The molecule has 8 heteroatoms. The van der Waals surface area contributed by atoms with E-state index in [4.69, 9.17) is 0 Å². The van der Waals surface area contributed by atoms with Crippen LogP contribution in [0, 0.1) is 5.82 Å². The second-order valence-corrected chi connectivity index (χ2v) is 7.40. The summed E-state index contributed by atoms with van der Waals surface area (Å²) < 4.78 is 13.8. The summed E-state index contributed by atoms with van der Waals surface area (Å²) in [7, 11) is 0. The van der Waals surface area contributed by atoms with Crippen molar-refractivity contribution in [3.05, 3.63) is 64.4 Å². The average Bonchev–Trinajstić information content (AvgIpc) is 2.64.